The van der Waals surface area contributed by atoms with Crippen molar-refractivity contribution in [2.75, 3.05) is 0 Å². The predicted molar refractivity (Wildman–Crippen MR) is 98.5 cm³/mol. The van der Waals surface area contributed by atoms with Gasteiger partial charge in [0.15, 0.2) is 0 Å². The average molecular weight is 378 g/mol. The maximum absolute atomic E-state index is 15.2. The molecule has 0 fully saturated rings. The largest absolute Gasteiger partial charge is 0.370 e. The van der Waals surface area contributed by atoms with Crippen LogP contribution in [0.1, 0.15) is 54.3 Å². The predicted octanol–water partition coefficient (Wildman–Crippen LogP) is 3.41. The van der Waals surface area contributed by atoms with Crippen LogP contribution in [-0.2, 0) is 4.79 Å². The van der Waals surface area contributed by atoms with Crippen LogP contribution in [0.15, 0.2) is 36.5 Å². The SMILES string of the molecule is CC[C@@H](N[C@@H](C)CC(N)=O)c1ccc(Cl)c(C(=O)c2ccccn2)c1F. The van der Waals surface area contributed by atoms with Crippen molar-refractivity contribution in [2.45, 2.75) is 38.8 Å². The van der Waals surface area contributed by atoms with Gasteiger partial charge < -0.3 is 11.1 Å². The van der Waals surface area contributed by atoms with Crippen LogP contribution in [0.5, 0.6) is 0 Å². The summed E-state index contributed by atoms with van der Waals surface area (Å²) in [5.74, 6) is -1.70. The van der Waals surface area contributed by atoms with Gasteiger partial charge in [0.1, 0.15) is 11.5 Å². The van der Waals surface area contributed by atoms with Crippen LogP contribution in [0.3, 0.4) is 0 Å². The Hall–Kier alpha value is -2.31. The molecule has 2 aromatic rings. The standard InChI is InChI=1S/C19H21ClFN3O2/c1-3-14(24-11(2)10-16(22)25)12-7-8-13(20)17(18(12)21)19(26)15-6-4-5-9-23-15/h4-9,11,14,24H,3,10H2,1-2H3,(H2,22,25)/t11-,14+/m0/s1. The van der Waals surface area contributed by atoms with E-state index in [1.54, 1.807) is 25.1 Å². The van der Waals surface area contributed by atoms with Crippen LogP contribution in [0.25, 0.3) is 0 Å². The summed E-state index contributed by atoms with van der Waals surface area (Å²) in [4.78, 5) is 27.7. The van der Waals surface area contributed by atoms with Crippen molar-refractivity contribution in [3.63, 3.8) is 0 Å². The van der Waals surface area contributed by atoms with E-state index < -0.39 is 23.5 Å². The number of primary amides is 1. The van der Waals surface area contributed by atoms with Gasteiger partial charge in [-0.1, -0.05) is 30.7 Å². The number of carbonyl (C=O) groups excluding carboxylic acids is 2. The van der Waals surface area contributed by atoms with Crippen LogP contribution in [0, 0.1) is 5.82 Å². The number of nitrogens with one attached hydrogen (secondary N) is 1. The van der Waals surface area contributed by atoms with Crippen molar-refractivity contribution in [3.05, 3.63) is 64.2 Å². The Kier molecular flexibility index (Phi) is 6.83. The number of benzene rings is 1. The minimum absolute atomic E-state index is 0.0296. The molecule has 2 atom stereocenters. The molecule has 0 aliphatic carbocycles. The first kappa shape index (κ1) is 20.0. The molecule has 0 aliphatic rings. The Morgan fingerprint density at radius 2 is 2.04 bits per heavy atom. The number of halogens is 2. The molecule has 1 aromatic carbocycles. The third-order valence-electron chi connectivity index (χ3n) is 4.02. The van der Waals surface area contributed by atoms with E-state index in [0.717, 1.165) is 0 Å². The molecular weight excluding hydrogens is 357 g/mol. The van der Waals surface area contributed by atoms with E-state index in [4.69, 9.17) is 17.3 Å². The lowest BCUT2D eigenvalue weighted by atomic mass is 9.97. The lowest BCUT2D eigenvalue weighted by molar-refractivity contribution is -0.118. The second-order valence-electron chi connectivity index (χ2n) is 6.07. The van der Waals surface area contributed by atoms with E-state index in [1.165, 1.54) is 18.3 Å². The first-order valence-electron chi connectivity index (χ1n) is 8.33. The molecular formula is C19H21ClFN3O2. The molecule has 26 heavy (non-hydrogen) atoms. The van der Waals surface area contributed by atoms with E-state index in [9.17, 15) is 9.59 Å². The molecule has 0 saturated carbocycles. The fourth-order valence-corrected chi connectivity index (χ4v) is 3.03. The molecule has 1 amide bonds. The van der Waals surface area contributed by atoms with E-state index >= 15 is 4.39 Å². The summed E-state index contributed by atoms with van der Waals surface area (Å²) >= 11 is 6.10. The van der Waals surface area contributed by atoms with Gasteiger partial charge in [0.05, 0.1) is 10.6 Å². The Labute approximate surface area is 156 Å². The van der Waals surface area contributed by atoms with E-state index in [1.807, 2.05) is 6.92 Å². The van der Waals surface area contributed by atoms with Crippen LogP contribution in [-0.4, -0.2) is 22.7 Å². The summed E-state index contributed by atoms with van der Waals surface area (Å²) in [6.07, 6.45) is 2.15. The molecule has 7 heteroatoms. The number of nitrogens with zero attached hydrogens (tertiary/aromatic N) is 1. The number of aromatic nitrogens is 1. The fraction of sp³-hybridized carbons (Fsp3) is 0.316. The second kappa shape index (κ2) is 8.87. The highest BCUT2D eigenvalue weighted by Gasteiger charge is 2.25. The molecule has 2 rings (SSSR count). The van der Waals surface area contributed by atoms with Crippen molar-refractivity contribution < 1.29 is 14.0 Å². The number of pyridine rings is 1. The highest BCUT2D eigenvalue weighted by Crippen LogP contribution is 2.29. The van der Waals surface area contributed by atoms with Crippen molar-refractivity contribution in [2.24, 2.45) is 5.73 Å². The molecule has 0 unspecified atom stereocenters. The lowest BCUT2D eigenvalue weighted by Crippen LogP contribution is -2.34. The number of nitrogens with two attached hydrogens (primary N) is 1. The van der Waals surface area contributed by atoms with Crippen molar-refractivity contribution >= 4 is 23.3 Å². The van der Waals surface area contributed by atoms with Gasteiger partial charge >= 0.3 is 0 Å². The van der Waals surface area contributed by atoms with Crippen LogP contribution < -0.4 is 11.1 Å². The molecule has 0 saturated heterocycles. The molecule has 3 N–H and O–H groups in total. The molecule has 138 valence electrons. The Morgan fingerprint density at radius 1 is 1.31 bits per heavy atom. The molecule has 0 radical (unpaired) electrons. The Balaban J connectivity index is 2.38. The minimum Gasteiger partial charge on any atom is -0.370 e. The zero-order chi connectivity index (χ0) is 19.3. The molecule has 1 heterocycles. The minimum atomic E-state index is -0.682. The average Bonchev–Trinajstić information content (AvgIpc) is 2.60. The monoisotopic (exact) mass is 377 g/mol. The third-order valence-corrected chi connectivity index (χ3v) is 4.34. The van der Waals surface area contributed by atoms with E-state index in [-0.39, 0.29) is 28.7 Å². The van der Waals surface area contributed by atoms with Gasteiger partial charge in [-0.3, -0.25) is 14.6 Å². The number of hydrogen-bond donors (Lipinski definition) is 2. The highest BCUT2D eigenvalue weighted by atomic mass is 35.5. The zero-order valence-electron chi connectivity index (χ0n) is 14.6. The maximum Gasteiger partial charge on any atom is 0.218 e. The quantitative estimate of drug-likeness (QED) is 0.690. The molecule has 0 aliphatic heterocycles. The zero-order valence-corrected chi connectivity index (χ0v) is 15.4. The number of ketones is 1. The van der Waals surface area contributed by atoms with Gasteiger partial charge in [-0.05, 0) is 31.5 Å². The van der Waals surface area contributed by atoms with Gasteiger partial charge in [0.2, 0.25) is 11.7 Å². The number of carbonyl (C=O) groups is 2. The Morgan fingerprint density at radius 3 is 2.62 bits per heavy atom. The van der Waals surface area contributed by atoms with Gasteiger partial charge in [0, 0.05) is 30.3 Å². The molecule has 5 nitrogen and oxygen atoms in total. The molecule has 1 aromatic heterocycles. The first-order chi connectivity index (χ1) is 12.3. The summed E-state index contributed by atoms with van der Waals surface area (Å²) in [7, 11) is 0. The van der Waals surface area contributed by atoms with E-state index in [2.05, 4.69) is 10.3 Å². The summed E-state index contributed by atoms with van der Waals surface area (Å²) < 4.78 is 15.2. The smallest absolute Gasteiger partial charge is 0.218 e. The summed E-state index contributed by atoms with van der Waals surface area (Å²) in [5, 5.41) is 3.20. The molecule has 0 bridgehead atoms. The number of hydrogen-bond acceptors (Lipinski definition) is 4. The summed E-state index contributed by atoms with van der Waals surface area (Å²) in [5.41, 5.74) is 5.43. The number of amides is 1. The van der Waals surface area contributed by atoms with Gasteiger partial charge in [0.25, 0.3) is 0 Å². The number of rotatable bonds is 8. The summed E-state index contributed by atoms with van der Waals surface area (Å²) in [6, 6.07) is 7.25. The van der Waals surface area contributed by atoms with Crippen molar-refractivity contribution in [1.29, 1.82) is 0 Å². The Bertz CT molecular complexity index is 799. The molecule has 0 spiro atoms. The topological polar surface area (TPSA) is 85.1 Å². The first-order valence-corrected chi connectivity index (χ1v) is 8.70. The second-order valence-corrected chi connectivity index (χ2v) is 6.48. The van der Waals surface area contributed by atoms with Gasteiger partial charge in [-0.2, -0.15) is 0 Å². The van der Waals surface area contributed by atoms with E-state index in [0.29, 0.717) is 12.0 Å². The van der Waals surface area contributed by atoms with Gasteiger partial charge in [-0.25, -0.2) is 4.39 Å². The van der Waals surface area contributed by atoms with Crippen LogP contribution >= 0.6 is 11.6 Å². The lowest BCUT2D eigenvalue weighted by Gasteiger charge is -2.23. The summed E-state index contributed by atoms with van der Waals surface area (Å²) in [6.45, 7) is 3.67. The van der Waals surface area contributed by atoms with Crippen molar-refractivity contribution in [3.8, 4) is 0 Å². The third kappa shape index (κ3) is 4.65. The highest BCUT2D eigenvalue weighted by molar-refractivity contribution is 6.35. The van der Waals surface area contributed by atoms with Crippen LogP contribution in [0.4, 0.5) is 4.39 Å². The van der Waals surface area contributed by atoms with Crippen LogP contribution in [0.2, 0.25) is 5.02 Å². The fourth-order valence-electron chi connectivity index (χ4n) is 2.80. The normalized spacial score (nSPS) is 13.2. The van der Waals surface area contributed by atoms with Gasteiger partial charge in [-0.15, -0.1) is 0 Å². The maximum atomic E-state index is 15.2. The van der Waals surface area contributed by atoms with Crippen molar-refractivity contribution in [1.82, 2.24) is 10.3 Å².